The quantitative estimate of drug-likeness (QED) is 0.554. The topological polar surface area (TPSA) is 78.8 Å². The van der Waals surface area contributed by atoms with E-state index in [1.165, 1.54) is 6.21 Å². The first-order valence-corrected chi connectivity index (χ1v) is 8.78. The van der Waals surface area contributed by atoms with E-state index < -0.39 is 23.8 Å². The van der Waals surface area contributed by atoms with Crippen LogP contribution in [0.1, 0.15) is 0 Å². The monoisotopic (exact) mass is 463 g/mol. The van der Waals surface area contributed by atoms with Crippen molar-refractivity contribution in [3.8, 4) is 0 Å². The summed E-state index contributed by atoms with van der Waals surface area (Å²) in [4.78, 5) is 41.8. The summed E-state index contributed by atoms with van der Waals surface area (Å²) in [6.07, 6.45) is 1.25. The SMILES string of the molecule is O=C1NC(=O)N(c2ccc(Br)cc2)C(=O)[C@H]1C=Nc1ccc(Br)cc1. The van der Waals surface area contributed by atoms with Crippen LogP contribution >= 0.6 is 31.9 Å². The molecule has 0 radical (unpaired) electrons. The number of urea groups is 1. The van der Waals surface area contributed by atoms with E-state index in [0.29, 0.717) is 11.4 Å². The Balaban J connectivity index is 1.87. The van der Waals surface area contributed by atoms with Gasteiger partial charge < -0.3 is 0 Å². The van der Waals surface area contributed by atoms with Crippen LogP contribution in [0.25, 0.3) is 0 Å². The Morgan fingerprint density at radius 1 is 0.920 bits per heavy atom. The zero-order valence-electron chi connectivity index (χ0n) is 12.6. The Kier molecular flexibility index (Phi) is 5.10. The fourth-order valence-corrected chi connectivity index (χ4v) is 2.77. The van der Waals surface area contributed by atoms with E-state index in [0.717, 1.165) is 13.8 Å². The first-order valence-electron chi connectivity index (χ1n) is 7.20. The van der Waals surface area contributed by atoms with Crippen molar-refractivity contribution in [1.29, 1.82) is 0 Å². The molecule has 1 N–H and O–H groups in total. The molecule has 0 unspecified atom stereocenters. The number of amides is 4. The lowest BCUT2D eigenvalue weighted by molar-refractivity contribution is -0.131. The maximum absolute atomic E-state index is 12.6. The largest absolute Gasteiger partial charge is 0.335 e. The minimum atomic E-state index is -1.18. The lowest BCUT2D eigenvalue weighted by atomic mass is 10.1. The van der Waals surface area contributed by atoms with E-state index in [9.17, 15) is 14.4 Å². The van der Waals surface area contributed by atoms with E-state index >= 15 is 0 Å². The maximum Gasteiger partial charge on any atom is 0.335 e. The summed E-state index contributed by atoms with van der Waals surface area (Å²) in [7, 11) is 0. The maximum atomic E-state index is 12.6. The number of rotatable bonds is 3. The van der Waals surface area contributed by atoms with Crippen LogP contribution in [0.4, 0.5) is 16.2 Å². The lowest BCUT2D eigenvalue weighted by Gasteiger charge is -2.28. The summed E-state index contributed by atoms with van der Waals surface area (Å²) in [5.41, 5.74) is 0.969. The van der Waals surface area contributed by atoms with Crippen molar-refractivity contribution in [2.45, 2.75) is 0 Å². The predicted molar refractivity (Wildman–Crippen MR) is 101 cm³/mol. The van der Waals surface area contributed by atoms with Gasteiger partial charge in [0.1, 0.15) is 0 Å². The van der Waals surface area contributed by atoms with Crippen LogP contribution in [0.3, 0.4) is 0 Å². The van der Waals surface area contributed by atoms with Crippen LogP contribution in [0.5, 0.6) is 0 Å². The Morgan fingerprint density at radius 3 is 2.08 bits per heavy atom. The molecule has 1 fully saturated rings. The van der Waals surface area contributed by atoms with Gasteiger partial charge in [0.05, 0.1) is 11.4 Å². The number of halogens is 2. The molecule has 25 heavy (non-hydrogen) atoms. The fourth-order valence-electron chi connectivity index (χ4n) is 2.24. The van der Waals surface area contributed by atoms with E-state index in [1.807, 2.05) is 0 Å². The molecule has 1 saturated heterocycles. The van der Waals surface area contributed by atoms with Gasteiger partial charge in [-0.05, 0) is 48.5 Å². The fraction of sp³-hybridized carbons (Fsp3) is 0.0588. The van der Waals surface area contributed by atoms with Crippen molar-refractivity contribution in [2.24, 2.45) is 10.9 Å². The molecule has 2 aromatic rings. The summed E-state index contributed by atoms with van der Waals surface area (Å²) in [5.74, 6) is -2.51. The molecule has 2 aromatic carbocycles. The molecule has 8 heteroatoms. The zero-order valence-corrected chi connectivity index (χ0v) is 15.8. The Hall–Kier alpha value is -2.32. The first-order chi connectivity index (χ1) is 12.0. The molecule has 1 heterocycles. The highest BCUT2D eigenvalue weighted by atomic mass is 79.9. The number of anilines is 1. The molecule has 1 aliphatic rings. The van der Waals surface area contributed by atoms with Crippen LogP contribution < -0.4 is 10.2 Å². The smallest absolute Gasteiger partial charge is 0.276 e. The lowest BCUT2D eigenvalue weighted by Crippen LogP contribution is -2.58. The van der Waals surface area contributed by atoms with Crippen LogP contribution in [0, 0.1) is 5.92 Å². The first kappa shape index (κ1) is 17.5. The molecule has 0 spiro atoms. The average molecular weight is 465 g/mol. The number of nitrogens with one attached hydrogen (secondary N) is 1. The molecular formula is C17H11Br2N3O3. The highest BCUT2D eigenvalue weighted by Crippen LogP contribution is 2.23. The van der Waals surface area contributed by atoms with E-state index in [-0.39, 0.29) is 0 Å². The van der Waals surface area contributed by atoms with E-state index in [4.69, 9.17) is 0 Å². The van der Waals surface area contributed by atoms with Crippen molar-refractivity contribution >= 4 is 67.3 Å². The second-order valence-corrected chi connectivity index (χ2v) is 7.01. The second kappa shape index (κ2) is 7.28. The zero-order chi connectivity index (χ0) is 18.0. The molecule has 0 saturated carbocycles. The highest BCUT2D eigenvalue weighted by Gasteiger charge is 2.40. The molecule has 0 aliphatic carbocycles. The van der Waals surface area contributed by atoms with Crippen molar-refractivity contribution < 1.29 is 14.4 Å². The van der Waals surface area contributed by atoms with Gasteiger partial charge in [-0.15, -0.1) is 0 Å². The molecule has 126 valence electrons. The number of imide groups is 2. The molecule has 1 aliphatic heterocycles. The summed E-state index contributed by atoms with van der Waals surface area (Å²) >= 11 is 6.61. The van der Waals surface area contributed by atoms with Crippen molar-refractivity contribution in [2.75, 3.05) is 4.90 Å². The van der Waals surface area contributed by atoms with Crippen LogP contribution in [-0.2, 0) is 9.59 Å². The number of nitrogens with zero attached hydrogens (tertiary/aromatic N) is 2. The Morgan fingerprint density at radius 2 is 1.48 bits per heavy atom. The van der Waals surface area contributed by atoms with Gasteiger partial charge in [0.15, 0.2) is 5.92 Å². The summed E-state index contributed by atoms with van der Waals surface area (Å²) in [6.45, 7) is 0. The van der Waals surface area contributed by atoms with Gasteiger partial charge in [-0.1, -0.05) is 31.9 Å². The second-order valence-electron chi connectivity index (χ2n) is 5.18. The van der Waals surface area contributed by atoms with E-state index in [1.54, 1.807) is 48.5 Å². The number of aliphatic imine (C=N–C) groups is 1. The third-order valence-corrected chi connectivity index (χ3v) is 4.54. The van der Waals surface area contributed by atoms with Gasteiger partial charge in [0, 0.05) is 15.2 Å². The van der Waals surface area contributed by atoms with Gasteiger partial charge in [0.25, 0.3) is 5.91 Å². The number of benzene rings is 2. The van der Waals surface area contributed by atoms with E-state index in [2.05, 4.69) is 42.2 Å². The number of carbonyl (C=O) groups excluding carboxylic acids is 3. The predicted octanol–water partition coefficient (Wildman–Crippen LogP) is 3.81. The Bertz CT molecular complexity index is 864. The normalized spacial score (nSPS) is 17.9. The number of hydrogen-bond donors (Lipinski definition) is 1. The molecular weight excluding hydrogens is 454 g/mol. The third kappa shape index (κ3) is 3.85. The summed E-state index contributed by atoms with van der Waals surface area (Å²) < 4.78 is 1.70. The standard InChI is InChI=1S/C17H11Br2N3O3/c18-10-1-5-12(6-2-10)20-9-14-15(23)21-17(25)22(16(14)24)13-7-3-11(19)4-8-13/h1-9,14H,(H,21,23,25)/t14-/m0/s1. The van der Waals surface area contributed by atoms with Crippen molar-refractivity contribution in [3.63, 3.8) is 0 Å². The number of hydrogen-bond acceptors (Lipinski definition) is 4. The minimum absolute atomic E-state index is 0.375. The third-order valence-electron chi connectivity index (χ3n) is 3.49. The minimum Gasteiger partial charge on any atom is -0.276 e. The van der Waals surface area contributed by atoms with Gasteiger partial charge in [0.2, 0.25) is 5.91 Å². The molecule has 6 nitrogen and oxygen atoms in total. The molecule has 4 amide bonds. The Labute approximate surface area is 160 Å². The average Bonchev–Trinajstić information content (AvgIpc) is 2.57. The van der Waals surface area contributed by atoms with Gasteiger partial charge in [-0.2, -0.15) is 0 Å². The van der Waals surface area contributed by atoms with Crippen molar-refractivity contribution in [3.05, 3.63) is 57.5 Å². The highest BCUT2D eigenvalue weighted by molar-refractivity contribution is 9.10. The van der Waals surface area contributed by atoms with Crippen LogP contribution in [0.2, 0.25) is 0 Å². The number of barbiturate groups is 1. The van der Waals surface area contributed by atoms with Crippen LogP contribution in [-0.4, -0.2) is 24.1 Å². The molecule has 3 rings (SSSR count). The van der Waals surface area contributed by atoms with Gasteiger partial charge in [-0.3, -0.25) is 19.9 Å². The van der Waals surface area contributed by atoms with Gasteiger partial charge in [-0.25, -0.2) is 9.69 Å². The molecule has 0 bridgehead atoms. The molecule has 0 aromatic heterocycles. The number of carbonyl (C=O) groups is 3. The molecule has 1 atom stereocenters. The summed E-state index contributed by atoms with van der Waals surface area (Å²) in [6, 6.07) is 12.9. The van der Waals surface area contributed by atoms with Gasteiger partial charge >= 0.3 is 6.03 Å². The van der Waals surface area contributed by atoms with Crippen molar-refractivity contribution in [1.82, 2.24) is 5.32 Å². The summed E-state index contributed by atoms with van der Waals surface area (Å²) in [5, 5.41) is 2.19. The van der Waals surface area contributed by atoms with Crippen LogP contribution in [0.15, 0.2) is 62.5 Å².